The molecular formula is C29H44N4O4S. The molecule has 3 aliphatic rings. The number of hydrogen-bond acceptors (Lipinski definition) is 5. The van der Waals surface area contributed by atoms with Crippen LogP contribution in [0.3, 0.4) is 0 Å². The van der Waals surface area contributed by atoms with Crippen LogP contribution in [0.2, 0.25) is 0 Å². The van der Waals surface area contributed by atoms with Gasteiger partial charge in [0.1, 0.15) is 17.5 Å². The first-order chi connectivity index (χ1) is 18.1. The van der Waals surface area contributed by atoms with Gasteiger partial charge >= 0.3 is 0 Å². The van der Waals surface area contributed by atoms with Gasteiger partial charge in [-0.1, -0.05) is 6.92 Å². The number of carbonyl (C=O) groups excluding carboxylic acids is 1. The van der Waals surface area contributed by atoms with Crippen molar-refractivity contribution in [1.82, 2.24) is 18.7 Å². The SMILES string of the molecule is CCCS(=O)(=O)N1CCN(C(=O)c2cc3cc(OC4C[C@H]5CC[C@@H](C4)N5C(C)C)ccc3n2C(C)C)CC1. The zero-order chi connectivity index (χ0) is 27.2. The van der Waals surface area contributed by atoms with Crippen molar-refractivity contribution in [3.63, 3.8) is 0 Å². The van der Waals surface area contributed by atoms with Crippen molar-refractivity contribution < 1.29 is 17.9 Å². The fourth-order valence-corrected chi connectivity index (χ4v) is 8.52. The fraction of sp³-hybridized carbons (Fsp3) is 0.690. The number of aromatic nitrogens is 1. The lowest BCUT2D eigenvalue weighted by atomic mass is 9.98. The Morgan fingerprint density at radius 3 is 2.21 bits per heavy atom. The molecule has 1 aromatic heterocycles. The van der Waals surface area contributed by atoms with E-state index in [0.29, 0.717) is 56.4 Å². The minimum Gasteiger partial charge on any atom is -0.490 e. The Bertz CT molecular complexity index is 1250. The van der Waals surface area contributed by atoms with Crippen LogP contribution < -0.4 is 4.74 Å². The lowest BCUT2D eigenvalue weighted by Crippen LogP contribution is -2.51. The summed E-state index contributed by atoms with van der Waals surface area (Å²) in [6, 6.07) is 10.1. The van der Waals surface area contributed by atoms with Gasteiger partial charge in [0.25, 0.3) is 5.91 Å². The zero-order valence-corrected chi connectivity index (χ0v) is 24.4. The van der Waals surface area contributed by atoms with Gasteiger partial charge in [-0.2, -0.15) is 4.31 Å². The van der Waals surface area contributed by atoms with Crippen molar-refractivity contribution in [2.75, 3.05) is 31.9 Å². The molecule has 1 unspecified atom stereocenters. The molecule has 8 nitrogen and oxygen atoms in total. The van der Waals surface area contributed by atoms with Crippen LogP contribution in [0.15, 0.2) is 24.3 Å². The average molecular weight is 545 g/mol. The third kappa shape index (κ3) is 5.21. The highest BCUT2D eigenvalue weighted by atomic mass is 32.2. The third-order valence-corrected chi connectivity index (χ3v) is 10.6. The second-order valence-corrected chi connectivity index (χ2v) is 13.9. The topological polar surface area (TPSA) is 75.1 Å². The van der Waals surface area contributed by atoms with E-state index in [2.05, 4.69) is 49.3 Å². The van der Waals surface area contributed by atoms with Crippen LogP contribution in [0, 0.1) is 0 Å². The number of piperazine rings is 1. The Hall–Kier alpha value is -2.10. The number of fused-ring (bicyclic) bond motifs is 3. The smallest absolute Gasteiger partial charge is 0.270 e. The molecule has 2 aromatic rings. The molecule has 5 rings (SSSR count). The molecular weight excluding hydrogens is 500 g/mol. The van der Waals surface area contributed by atoms with Crippen LogP contribution in [0.25, 0.3) is 10.9 Å². The van der Waals surface area contributed by atoms with Crippen molar-refractivity contribution >= 4 is 26.8 Å². The van der Waals surface area contributed by atoms with Crippen LogP contribution in [-0.2, 0) is 10.0 Å². The molecule has 38 heavy (non-hydrogen) atoms. The van der Waals surface area contributed by atoms with Crippen LogP contribution in [0.5, 0.6) is 5.75 Å². The average Bonchev–Trinajstić information content (AvgIpc) is 3.38. The highest BCUT2D eigenvalue weighted by Gasteiger charge is 2.42. The molecule has 9 heteroatoms. The maximum Gasteiger partial charge on any atom is 0.270 e. The number of ether oxygens (including phenoxy) is 1. The summed E-state index contributed by atoms with van der Waals surface area (Å²) < 4.78 is 35.1. The lowest BCUT2D eigenvalue weighted by Gasteiger charge is -2.41. The standard InChI is InChI=1S/C29H44N4O4S/c1-6-15-38(35,36)31-13-11-30(12-14-31)29(34)28-17-22-16-25(9-10-27(22)33(28)21(4)5)37-26-18-23-7-8-24(19-26)32(23)20(2)3/h9-10,16-17,20-21,23-24,26H,6-8,11-15,18-19H2,1-5H3/t23-,24+,26?. The van der Waals surface area contributed by atoms with Gasteiger partial charge in [0.15, 0.2) is 0 Å². The van der Waals surface area contributed by atoms with E-state index in [1.807, 2.05) is 19.1 Å². The Morgan fingerprint density at radius 1 is 0.974 bits per heavy atom. The minimum absolute atomic E-state index is 0.0393. The predicted octanol–water partition coefficient (Wildman–Crippen LogP) is 4.50. The van der Waals surface area contributed by atoms with Crippen molar-refractivity contribution in [3.05, 3.63) is 30.0 Å². The number of nitrogens with zero attached hydrogens (tertiary/aromatic N) is 4. The Balaban J connectivity index is 1.32. The number of rotatable bonds is 8. The van der Waals surface area contributed by atoms with Crippen molar-refractivity contribution in [3.8, 4) is 5.75 Å². The van der Waals surface area contributed by atoms with E-state index in [0.717, 1.165) is 29.5 Å². The van der Waals surface area contributed by atoms with E-state index in [1.54, 1.807) is 4.90 Å². The highest BCUT2D eigenvalue weighted by molar-refractivity contribution is 7.89. The van der Waals surface area contributed by atoms with Gasteiger partial charge in [-0.3, -0.25) is 9.69 Å². The van der Waals surface area contributed by atoms with E-state index in [-0.39, 0.29) is 23.8 Å². The van der Waals surface area contributed by atoms with Gasteiger partial charge in [0.05, 0.1) is 5.75 Å². The van der Waals surface area contributed by atoms with E-state index < -0.39 is 10.0 Å². The van der Waals surface area contributed by atoms with Crippen molar-refractivity contribution in [1.29, 1.82) is 0 Å². The van der Waals surface area contributed by atoms with E-state index in [1.165, 1.54) is 17.1 Å². The molecule has 2 bridgehead atoms. The van der Waals surface area contributed by atoms with Gasteiger partial charge < -0.3 is 14.2 Å². The van der Waals surface area contributed by atoms with E-state index in [9.17, 15) is 13.2 Å². The number of benzene rings is 1. The molecule has 0 spiro atoms. The summed E-state index contributed by atoms with van der Waals surface area (Å²) in [5.74, 6) is 0.988. The molecule has 1 aromatic carbocycles. The second-order valence-electron chi connectivity index (χ2n) is 11.9. The fourth-order valence-electron chi connectivity index (χ4n) is 7.02. The van der Waals surface area contributed by atoms with Gasteiger partial charge in [-0.15, -0.1) is 0 Å². The molecule has 0 N–H and O–H groups in total. The van der Waals surface area contributed by atoms with E-state index >= 15 is 0 Å². The van der Waals surface area contributed by atoms with Crippen molar-refractivity contribution in [2.24, 2.45) is 0 Å². The number of piperidine rings is 1. The number of amides is 1. The molecule has 4 heterocycles. The first kappa shape index (κ1) is 27.5. The summed E-state index contributed by atoms with van der Waals surface area (Å²) in [5.41, 5.74) is 1.68. The summed E-state index contributed by atoms with van der Waals surface area (Å²) in [4.78, 5) is 18.1. The monoisotopic (exact) mass is 544 g/mol. The molecule has 0 radical (unpaired) electrons. The maximum atomic E-state index is 13.6. The van der Waals surface area contributed by atoms with Crippen LogP contribution in [0.4, 0.5) is 0 Å². The largest absolute Gasteiger partial charge is 0.490 e. The minimum atomic E-state index is -3.24. The zero-order valence-electron chi connectivity index (χ0n) is 23.6. The Kier molecular flexibility index (Phi) is 7.82. The maximum absolute atomic E-state index is 13.6. The molecule has 0 aliphatic carbocycles. The second kappa shape index (κ2) is 10.8. The molecule has 3 atom stereocenters. The summed E-state index contributed by atoms with van der Waals surface area (Å²) in [7, 11) is -3.24. The van der Waals surface area contributed by atoms with Gasteiger partial charge in [-0.25, -0.2) is 8.42 Å². The number of carbonyl (C=O) groups is 1. The number of hydrogen-bond donors (Lipinski definition) is 0. The highest BCUT2D eigenvalue weighted by Crippen LogP contribution is 2.39. The quantitative estimate of drug-likeness (QED) is 0.489. The van der Waals surface area contributed by atoms with Crippen LogP contribution in [-0.4, -0.2) is 89.2 Å². The molecule has 3 aliphatic heterocycles. The van der Waals surface area contributed by atoms with E-state index in [4.69, 9.17) is 4.74 Å². The molecule has 3 saturated heterocycles. The summed E-state index contributed by atoms with van der Waals surface area (Å²) in [5, 5.41) is 1.01. The van der Waals surface area contributed by atoms with Gasteiger partial charge in [0.2, 0.25) is 10.0 Å². The van der Waals surface area contributed by atoms with Crippen molar-refractivity contribution in [2.45, 2.75) is 97.0 Å². The Morgan fingerprint density at radius 2 is 1.63 bits per heavy atom. The van der Waals surface area contributed by atoms with Crippen LogP contribution in [0.1, 0.15) is 83.3 Å². The summed E-state index contributed by atoms with van der Waals surface area (Å²) >= 11 is 0. The molecule has 1 amide bonds. The Labute approximate surface area is 227 Å². The molecule has 3 fully saturated rings. The normalized spacial score (nSPS) is 25.1. The summed E-state index contributed by atoms with van der Waals surface area (Å²) in [6.45, 7) is 12.2. The lowest BCUT2D eigenvalue weighted by molar-refractivity contribution is 0.0308. The van der Waals surface area contributed by atoms with Gasteiger partial charge in [0, 0.05) is 61.2 Å². The molecule has 210 valence electrons. The first-order valence-electron chi connectivity index (χ1n) is 14.4. The number of sulfonamides is 1. The summed E-state index contributed by atoms with van der Waals surface area (Å²) in [6.07, 6.45) is 5.51. The first-order valence-corrected chi connectivity index (χ1v) is 16.1. The predicted molar refractivity (Wildman–Crippen MR) is 151 cm³/mol. The molecule has 0 saturated carbocycles. The van der Waals surface area contributed by atoms with Crippen LogP contribution >= 0.6 is 0 Å². The third-order valence-electron chi connectivity index (χ3n) is 8.57. The van der Waals surface area contributed by atoms with Gasteiger partial charge in [-0.05, 0) is 84.1 Å².